The molecule has 3 nitrogen and oxygen atoms in total. The Morgan fingerprint density at radius 3 is 2.47 bits per heavy atom. The van der Waals surface area contributed by atoms with Crippen molar-refractivity contribution < 1.29 is 4.79 Å². The second-order valence-corrected chi connectivity index (χ2v) is 5.98. The van der Waals surface area contributed by atoms with Gasteiger partial charge in [-0.3, -0.25) is 4.79 Å². The molecule has 106 valence electrons. The van der Waals surface area contributed by atoms with Crippen LogP contribution in [-0.2, 0) is 4.79 Å². The maximum absolute atomic E-state index is 11.9. The fourth-order valence-electron chi connectivity index (χ4n) is 1.87. The van der Waals surface area contributed by atoms with Gasteiger partial charge in [0.15, 0.2) is 0 Å². The van der Waals surface area contributed by atoms with Crippen LogP contribution in [0.5, 0.6) is 0 Å². The summed E-state index contributed by atoms with van der Waals surface area (Å²) in [6.45, 7) is 5.94. The number of rotatable bonds is 5. The van der Waals surface area contributed by atoms with Crippen molar-refractivity contribution in [3.8, 4) is 0 Å². The summed E-state index contributed by atoms with van der Waals surface area (Å²) in [5, 5.41) is 3.98. The highest BCUT2D eigenvalue weighted by atomic mass is 35.5. The lowest BCUT2D eigenvalue weighted by Crippen LogP contribution is -2.42. The maximum atomic E-state index is 11.9. The maximum Gasteiger partial charge on any atom is 0.237 e. The average Bonchev–Trinajstić information content (AvgIpc) is 2.27. The van der Waals surface area contributed by atoms with Crippen LogP contribution in [0.3, 0.4) is 0 Å². The minimum atomic E-state index is -0.492. The number of amides is 1. The van der Waals surface area contributed by atoms with E-state index in [4.69, 9.17) is 28.9 Å². The van der Waals surface area contributed by atoms with Gasteiger partial charge in [-0.05, 0) is 37.0 Å². The molecule has 0 spiro atoms. The van der Waals surface area contributed by atoms with Crippen molar-refractivity contribution in [1.82, 2.24) is 5.32 Å². The highest BCUT2D eigenvalue weighted by Crippen LogP contribution is 2.26. The second-order valence-electron chi connectivity index (χ2n) is 5.13. The smallest absolute Gasteiger partial charge is 0.237 e. The first-order valence-corrected chi connectivity index (χ1v) is 7.07. The summed E-state index contributed by atoms with van der Waals surface area (Å²) in [6, 6.07) is 4.53. The molecule has 0 aliphatic carbocycles. The van der Waals surface area contributed by atoms with Crippen LogP contribution >= 0.6 is 23.2 Å². The molecule has 1 aromatic carbocycles. The second kappa shape index (κ2) is 7.13. The Balaban J connectivity index is 2.68. The zero-order valence-corrected chi connectivity index (χ0v) is 12.9. The molecule has 1 rings (SSSR count). The highest BCUT2D eigenvalue weighted by molar-refractivity contribution is 6.35. The van der Waals surface area contributed by atoms with Crippen LogP contribution in [0.4, 0.5) is 0 Å². The fourth-order valence-corrected chi connectivity index (χ4v) is 2.44. The summed E-state index contributed by atoms with van der Waals surface area (Å²) in [5.41, 5.74) is 6.67. The Morgan fingerprint density at radius 1 is 1.32 bits per heavy atom. The molecule has 19 heavy (non-hydrogen) atoms. The molecule has 2 atom stereocenters. The number of carbonyl (C=O) groups is 1. The van der Waals surface area contributed by atoms with Gasteiger partial charge in [0, 0.05) is 10.0 Å². The van der Waals surface area contributed by atoms with Gasteiger partial charge in [-0.25, -0.2) is 0 Å². The molecule has 0 aromatic heterocycles. The van der Waals surface area contributed by atoms with Crippen LogP contribution in [0.2, 0.25) is 10.0 Å². The lowest BCUT2D eigenvalue weighted by atomic mass is 10.0. The average molecular weight is 303 g/mol. The van der Waals surface area contributed by atoms with Crippen molar-refractivity contribution in [1.29, 1.82) is 0 Å². The number of halogens is 2. The first-order valence-electron chi connectivity index (χ1n) is 6.32. The highest BCUT2D eigenvalue weighted by Gasteiger charge is 2.18. The molecule has 0 aliphatic heterocycles. The molecule has 0 heterocycles. The van der Waals surface area contributed by atoms with Gasteiger partial charge in [-0.1, -0.05) is 43.1 Å². The van der Waals surface area contributed by atoms with E-state index in [2.05, 4.69) is 5.32 Å². The third kappa shape index (κ3) is 5.01. The number of hydrogen-bond donors (Lipinski definition) is 2. The molecule has 1 aromatic rings. The first kappa shape index (κ1) is 16.3. The molecule has 5 heteroatoms. The summed E-state index contributed by atoms with van der Waals surface area (Å²) >= 11 is 11.9. The summed E-state index contributed by atoms with van der Waals surface area (Å²) in [7, 11) is 0. The normalized spacial score (nSPS) is 14.3. The van der Waals surface area contributed by atoms with Gasteiger partial charge >= 0.3 is 0 Å². The molecule has 1 amide bonds. The van der Waals surface area contributed by atoms with Gasteiger partial charge in [0.25, 0.3) is 0 Å². The first-order chi connectivity index (χ1) is 8.81. The number of nitrogens with two attached hydrogens (primary N) is 1. The Bertz CT molecular complexity index is 449. The Hall–Kier alpha value is -0.770. The Kier molecular flexibility index (Phi) is 6.11. The van der Waals surface area contributed by atoms with E-state index in [1.807, 2.05) is 26.8 Å². The number of nitrogens with one attached hydrogen (secondary N) is 1. The molecule has 1 unspecified atom stereocenters. The Labute approximate surface area is 124 Å². The summed E-state index contributed by atoms with van der Waals surface area (Å²) in [5.74, 6) is 0.224. The summed E-state index contributed by atoms with van der Waals surface area (Å²) < 4.78 is 0. The third-order valence-corrected chi connectivity index (χ3v) is 3.41. The van der Waals surface area contributed by atoms with E-state index in [-0.39, 0.29) is 11.9 Å². The van der Waals surface area contributed by atoms with Gasteiger partial charge in [0.2, 0.25) is 5.91 Å². The van der Waals surface area contributed by atoms with Gasteiger partial charge in [0.1, 0.15) is 0 Å². The lowest BCUT2D eigenvalue weighted by molar-refractivity contribution is -0.123. The topological polar surface area (TPSA) is 55.1 Å². The molecule has 0 saturated heterocycles. The van der Waals surface area contributed by atoms with Crippen molar-refractivity contribution in [3.63, 3.8) is 0 Å². The van der Waals surface area contributed by atoms with Gasteiger partial charge in [0.05, 0.1) is 12.1 Å². The van der Waals surface area contributed by atoms with Gasteiger partial charge in [-0.2, -0.15) is 0 Å². The van der Waals surface area contributed by atoms with Crippen LogP contribution < -0.4 is 11.1 Å². The van der Waals surface area contributed by atoms with Crippen LogP contribution in [0, 0.1) is 5.92 Å². The molecule has 0 aliphatic rings. The number of benzene rings is 1. The lowest BCUT2D eigenvalue weighted by Gasteiger charge is -2.19. The molecule has 0 radical (unpaired) electrons. The quantitative estimate of drug-likeness (QED) is 0.874. The zero-order chi connectivity index (χ0) is 14.6. The fraction of sp³-hybridized carbons (Fsp3) is 0.500. The van der Waals surface area contributed by atoms with E-state index in [0.29, 0.717) is 22.4 Å². The molecule has 0 bridgehead atoms. The third-order valence-electron chi connectivity index (χ3n) is 2.85. The van der Waals surface area contributed by atoms with Crippen LogP contribution in [0.1, 0.15) is 38.8 Å². The summed E-state index contributed by atoms with van der Waals surface area (Å²) in [6.07, 6.45) is 0.660. The molecular formula is C14H20Cl2N2O. The molecule has 3 N–H and O–H groups in total. The van der Waals surface area contributed by atoms with E-state index in [9.17, 15) is 4.79 Å². The van der Waals surface area contributed by atoms with Crippen molar-refractivity contribution >= 4 is 29.1 Å². The van der Waals surface area contributed by atoms with E-state index in [0.717, 1.165) is 5.56 Å². The zero-order valence-electron chi connectivity index (χ0n) is 11.4. The van der Waals surface area contributed by atoms with E-state index in [1.54, 1.807) is 12.1 Å². The van der Waals surface area contributed by atoms with E-state index in [1.165, 1.54) is 0 Å². The van der Waals surface area contributed by atoms with E-state index >= 15 is 0 Å². The van der Waals surface area contributed by atoms with Gasteiger partial charge < -0.3 is 11.1 Å². The largest absolute Gasteiger partial charge is 0.348 e. The van der Waals surface area contributed by atoms with Crippen molar-refractivity contribution in [3.05, 3.63) is 33.8 Å². The van der Waals surface area contributed by atoms with Gasteiger partial charge in [-0.15, -0.1) is 0 Å². The minimum Gasteiger partial charge on any atom is -0.348 e. The SMILES string of the molecule is CC(C)C[C@H](N)C(=O)NC(C)c1ccc(Cl)cc1Cl. The molecular weight excluding hydrogens is 283 g/mol. The molecule has 0 saturated carbocycles. The monoisotopic (exact) mass is 302 g/mol. The standard InChI is InChI=1S/C14H20Cl2N2O/c1-8(2)6-13(17)14(19)18-9(3)11-5-4-10(15)7-12(11)16/h4-5,7-9,13H,6,17H2,1-3H3,(H,18,19)/t9?,13-/m0/s1. The van der Waals surface area contributed by atoms with Crippen LogP contribution in [-0.4, -0.2) is 11.9 Å². The predicted molar refractivity (Wildman–Crippen MR) is 80.5 cm³/mol. The van der Waals surface area contributed by atoms with Crippen molar-refractivity contribution in [2.45, 2.75) is 39.3 Å². The predicted octanol–water partition coefficient (Wildman–Crippen LogP) is 3.54. The van der Waals surface area contributed by atoms with Crippen molar-refractivity contribution in [2.24, 2.45) is 11.7 Å². The Morgan fingerprint density at radius 2 is 1.95 bits per heavy atom. The number of carbonyl (C=O) groups excluding carboxylic acids is 1. The van der Waals surface area contributed by atoms with Crippen LogP contribution in [0.15, 0.2) is 18.2 Å². The van der Waals surface area contributed by atoms with Crippen molar-refractivity contribution in [2.75, 3.05) is 0 Å². The van der Waals surface area contributed by atoms with E-state index < -0.39 is 6.04 Å². The minimum absolute atomic E-state index is 0.160. The van der Waals surface area contributed by atoms with Crippen LogP contribution in [0.25, 0.3) is 0 Å². The number of hydrogen-bond acceptors (Lipinski definition) is 2. The summed E-state index contributed by atoms with van der Waals surface area (Å²) in [4.78, 5) is 11.9. The molecule has 0 fully saturated rings.